The maximum Gasteiger partial charge on any atom is 0.274 e. The van der Waals surface area contributed by atoms with Crippen molar-refractivity contribution in [1.29, 1.82) is 0 Å². The average Bonchev–Trinajstić information content (AvgIpc) is 2.97. The van der Waals surface area contributed by atoms with Crippen LogP contribution in [0.1, 0.15) is 16.1 Å². The molecule has 0 unspecified atom stereocenters. The molecule has 5 nitrogen and oxygen atoms in total. The lowest BCUT2D eigenvalue weighted by molar-refractivity contribution is 0.0620. The van der Waals surface area contributed by atoms with E-state index in [0.717, 1.165) is 0 Å². The van der Waals surface area contributed by atoms with E-state index < -0.39 is 0 Å². The van der Waals surface area contributed by atoms with Crippen LogP contribution < -0.4 is 0 Å². The van der Waals surface area contributed by atoms with Gasteiger partial charge in [0.1, 0.15) is 11.5 Å². The zero-order valence-electron chi connectivity index (χ0n) is 12.9. The van der Waals surface area contributed by atoms with Gasteiger partial charge in [0.15, 0.2) is 0 Å². The largest absolute Gasteiger partial charge is 0.335 e. The first kappa shape index (κ1) is 16.0. The Labute approximate surface area is 139 Å². The lowest BCUT2D eigenvalue weighted by Gasteiger charge is -2.34. The molecule has 0 spiro atoms. The van der Waals surface area contributed by atoms with Gasteiger partial charge in [0.25, 0.3) is 5.91 Å². The first-order valence-corrected chi connectivity index (χ1v) is 7.86. The van der Waals surface area contributed by atoms with Gasteiger partial charge >= 0.3 is 0 Å². The molecule has 1 fully saturated rings. The summed E-state index contributed by atoms with van der Waals surface area (Å²) in [6.45, 7) is 3.02. The SMILES string of the molecule is Cn1ccc(C(=O)N2CCN(Cc3c(F)cccc3Cl)CC2)n1. The van der Waals surface area contributed by atoms with E-state index in [9.17, 15) is 9.18 Å². The second-order valence-electron chi connectivity index (χ2n) is 5.64. The summed E-state index contributed by atoms with van der Waals surface area (Å²) in [5.74, 6) is -0.348. The van der Waals surface area contributed by atoms with Crippen LogP contribution in [0.4, 0.5) is 4.39 Å². The Balaban J connectivity index is 1.59. The first-order chi connectivity index (χ1) is 11.0. The molecule has 0 saturated carbocycles. The van der Waals surface area contributed by atoms with Crippen molar-refractivity contribution in [3.63, 3.8) is 0 Å². The molecule has 1 aliphatic rings. The molecule has 1 saturated heterocycles. The van der Waals surface area contributed by atoms with Gasteiger partial charge in [0.2, 0.25) is 0 Å². The molecule has 2 aromatic rings. The number of nitrogens with zero attached hydrogens (tertiary/aromatic N) is 4. The number of halogens is 2. The summed E-state index contributed by atoms with van der Waals surface area (Å²) in [6, 6.07) is 6.43. The van der Waals surface area contributed by atoms with Crippen molar-refractivity contribution in [1.82, 2.24) is 19.6 Å². The molecule has 3 rings (SSSR count). The van der Waals surface area contributed by atoms with E-state index in [4.69, 9.17) is 11.6 Å². The summed E-state index contributed by atoms with van der Waals surface area (Å²) in [7, 11) is 1.78. The summed E-state index contributed by atoms with van der Waals surface area (Å²) in [5.41, 5.74) is 0.969. The quantitative estimate of drug-likeness (QED) is 0.862. The summed E-state index contributed by atoms with van der Waals surface area (Å²) in [6.07, 6.45) is 1.75. The van der Waals surface area contributed by atoms with Crippen LogP contribution in [0.3, 0.4) is 0 Å². The van der Waals surface area contributed by atoms with E-state index >= 15 is 0 Å². The van der Waals surface area contributed by atoms with Gasteiger partial charge in [-0.05, 0) is 18.2 Å². The van der Waals surface area contributed by atoms with Crippen molar-refractivity contribution < 1.29 is 9.18 Å². The minimum atomic E-state index is -0.288. The van der Waals surface area contributed by atoms with Gasteiger partial charge in [0.05, 0.1) is 0 Å². The highest BCUT2D eigenvalue weighted by molar-refractivity contribution is 6.31. The average molecular weight is 337 g/mol. The van der Waals surface area contributed by atoms with Crippen LogP contribution in [0.2, 0.25) is 5.02 Å². The van der Waals surface area contributed by atoms with Crippen molar-refractivity contribution >= 4 is 17.5 Å². The van der Waals surface area contributed by atoms with Crippen molar-refractivity contribution in [2.45, 2.75) is 6.54 Å². The van der Waals surface area contributed by atoms with E-state index in [1.54, 1.807) is 41.0 Å². The Hall–Kier alpha value is -1.92. The Morgan fingerprint density at radius 3 is 2.61 bits per heavy atom. The number of benzene rings is 1. The van der Waals surface area contributed by atoms with Gasteiger partial charge in [0, 0.05) is 56.6 Å². The minimum absolute atomic E-state index is 0.0609. The summed E-state index contributed by atoms with van der Waals surface area (Å²) in [5, 5.41) is 4.58. The van der Waals surface area contributed by atoms with E-state index in [1.807, 2.05) is 0 Å². The fourth-order valence-corrected chi connectivity index (χ4v) is 2.93. The van der Waals surface area contributed by atoms with E-state index in [2.05, 4.69) is 10.00 Å². The highest BCUT2D eigenvalue weighted by Crippen LogP contribution is 2.21. The number of hydrogen-bond acceptors (Lipinski definition) is 3. The summed E-state index contributed by atoms with van der Waals surface area (Å²) in [4.78, 5) is 16.2. The summed E-state index contributed by atoms with van der Waals surface area (Å²) >= 11 is 6.07. The molecule has 0 N–H and O–H groups in total. The number of aryl methyl sites for hydroxylation is 1. The molecule has 0 atom stereocenters. The molecule has 0 radical (unpaired) electrons. The maximum atomic E-state index is 13.8. The van der Waals surface area contributed by atoms with Gasteiger partial charge in [-0.1, -0.05) is 17.7 Å². The number of rotatable bonds is 3. The monoisotopic (exact) mass is 336 g/mol. The zero-order valence-corrected chi connectivity index (χ0v) is 13.6. The maximum absolute atomic E-state index is 13.8. The fraction of sp³-hybridized carbons (Fsp3) is 0.375. The lowest BCUT2D eigenvalue weighted by Crippen LogP contribution is -2.48. The van der Waals surface area contributed by atoms with Crippen LogP contribution in [-0.2, 0) is 13.6 Å². The zero-order chi connectivity index (χ0) is 16.4. The van der Waals surface area contributed by atoms with Crippen LogP contribution in [0.25, 0.3) is 0 Å². The third-order valence-corrected chi connectivity index (χ3v) is 4.39. The summed E-state index contributed by atoms with van der Waals surface area (Å²) < 4.78 is 15.5. The molecule has 0 aliphatic carbocycles. The van der Waals surface area contributed by atoms with Gasteiger partial charge in [-0.3, -0.25) is 14.4 Å². The van der Waals surface area contributed by atoms with Crippen LogP contribution >= 0.6 is 11.6 Å². The standard InChI is InChI=1S/C16H18ClFN4O/c1-20-6-5-15(19-20)16(23)22-9-7-21(8-10-22)11-12-13(17)3-2-4-14(12)18/h2-6H,7-11H2,1H3. The Kier molecular flexibility index (Phi) is 4.63. The third kappa shape index (κ3) is 3.54. The molecule has 1 aliphatic heterocycles. The highest BCUT2D eigenvalue weighted by Gasteiger charge is 2.24. The second-order valence-corrected chi connectivity index (χ2v) is 6.05. The van der Waals surface area contributed by atoms with Gasteiger partial charge in [-0.2, -0.15) is 5.10 Å². The van der Waals surface area contributed by atoms with Gasteiger partial charge in [-0.25, -0.2) is 4.39 Å². The van der Waals surface area contributed by atoms with E-state index in [-0.39, 0.29) is 11.7 Å². The topological polar surface area (TPSA) is 41.4 Å². The predicted molar refractivity (Wildman–Crippen MR) is 85.8 cm³/mol. The number of piperazine rings is 1. The number of carbonyl (C=O) groups excluding carboxylic acids is 1. The molecule has 2 heterocycles. The smallest absolute Gasteiger partial charge is 0.274 e. The normalized spacial score (nSPS) is 15.9. The number of carbonyl (C=O) groups is 1. The van der Waals surface area contributed by atoms with Crippen molar-refractivity contribution in [3.8, 4) is 0 Å². The number of aromatic nitrogens is 2. The molecule has 1 aromatic heterocycles. The Morgan fingerprint density at radius 2 is 2.00 bits per heavy atom. The molecule has 0 bridgehead atoms. The Bertz CT molecular complexity index is 690. The molecule has 122 valence electrons. The third-order valence-electron chi connectivity index (χ3n) is 4.04. The highest BCUT2D eigenvalue weighted by atomic mass is 35.5. The van der Waals surface area contributed by atoms with Crippen LogP contribution in [0, 0.1) is 5.82 Å². The first-order valence-electron chi connectivity index (χ1n) is 7.49. The van der Waals surface area contributed by atoms with Crippen molar-refractivity contribution in [3.05, 3.63) is 52.6 Å². The van der Waals surface area contributed by atoms with Crippen LogP contribution in [-0.4, -0.2) is 51.7 Å². The molecule has 23 heavy (non-hydrogen) atoms. The second kappa shape index (κ2) is 6.68. The van der Waals surface area contributed by atoms with Gasteiger partial charge in [-0.15, -0.1) is 0 Å². The molecular formula is C16H18ClFN4O. The lowest BCUT2D eigenvalue weighted by atomic mass is 10.1. The Morgan fingerprint density at radius 1 is 1.26 bits per heavy atom. The molecular weight excluding hydrogens is 319 g/mol. The molecule has 1 aromatic carbocycles. The fourth-order valence-electron chi connectivity index (χ4n) is 2.71. The molecule has 7 heteroatoms. The number of hydrogen-bond donors (Lipinski definition) is 0. The van der Waals surface area contributed by atoms with E-state index in [1.165, 1.54) is 6.07 Å². The van der Waals surface area contributed by atoms with Crippen molar-refractivity contribution in [2.24, 2.45) is 7.05 Å². The van der Waals surface area contributed by atoms with Crippen molar-refractivity contribution in [2.75, 3.05) is 26.2 Å². The van der Waals surface area contributed by atoms with Crippen LogP contribution in [0.5, 0.6) is 0 Å². The molecule has 1 amide bonds. The minimum Gasteiger partial charge on any atom is -0.335 e. The van der Waals surface area contributed by atoms with Gasteiger partial charge < -0.3 is 4.90 Å². The predicted octanol–water partition coefficient (Wildman–Crippen LogP) is 2.17. The van der Waals surface area contributed by atoms with E-state index in [0.29, 0.717) is 49.0 Å². The van der Waals surface area contributed by atoms with Crippen LogP contribution in [0.15, 0.2) is 30.5 Å². The number of amides is 1.